The number of oxazole rings is 1. The zero-order chi connectivity index (χ0) is 11.4. The molecule has 0 saturated heterocycles. The van der Waals surface area contributed by atoms with Crippen molar-refractivity contribution in [2.75, 3.05) is 13.6 Å². The van der Waals surface area contributed by atoms with Crippen LogP contribution in [0.15, 0.2) is 28.2 Å². The number of aromatic nitrogens is 1. The third-order valence-electron chi connectivity index (χ3n) is 2.06. The van der Waals surface area contributed by atoms with E-state index in [0.29, 0.717) is 19.0 Å². The number of nitriles is 1. The highest BCUT2D eigenvalue weighted by Crippen LogP contribution is 2.23. The summed E-state index contributed by atoms with van der Waals surface area (Å²) in [6.07, 6.45) is 1.64. The molecule has 0 amide bonds. The number of nitrogens with zero attached hydrogens (tertiary/aromatic N) is 3. The van der Waals surface area contributed by atoms with Crippen LogP contribution in [0.2, 0.25) is 0 Å². The molecule has 0 aliphatic rings. The van der Waals surface area contributed by atoms with Gasteiger partial charge in [-0.3, -0.25) is 4.90 Å². The molecule has 2 heterocycles. The van der Waals surface area contributed by atoms with E-state index in [0.717, 1.165) is 10.6 Å². The van der Waals surface area contributed by atoms with Gasteiger partial charge in [0.05, 0.1) is 23.2 Å². The maximum absolute atomic E-state index is 8.54. The maximum Gasteiger partial charge on any atom is 0.236 e. The fourth-order valence-electron chi connectivity index (χ4n) is 1.35. The molecule has 0 spiro atoms. The fourth-order valence-corrected chi connectivity index (χ4v) is 2.00. The Kier molecular flexibility index (Phi) is 3.34. The number of thiophene rings is 1. The van der Waals surface area contributed by atoms with Crippen molar-refractivity contribution >= 4 is 11.3 Å². The summed E-state index contributed by atoms with van der Waals surface area (Å²) in [5.74, 6) is 0.648. The predicted molar refractivity (Wildman–Crippen MR) is 61.8 cm³/mol. The molecule has 0 radical (unpaired) electrons. The van der Waals surface area contributed by atoms with Gasteiger partial charge in [0, 0.05) is 6.54 Å². The third kappa shape index (κ3) is 2.48. The Morgan fingerprint density at radius 3 is 3.19 bits per heavy atom. The second-order valence-electron chi connectivity index (χ2n) is 3.45. The summed E-state index contributed by atoms with van der Waals surface area (Å²) >= 11 is 1.60. The highest BCUT2D eigenvalue weighted by Gasteiger charge is 2.08. The van der Waals surface area contributed by atoms with Gasteiger partial charge in [0.15, 0.2) is 0 Å². The molecule has 4 nitrogen and oxygen atoms in total. The molecule has 0 aliphatic carbocycles. The Labute approximate surface area is 97.8 Å². The Balaban J connectivity index is 2.06. The standard InChI is InChI=1S/C11H11N3OS/c1-14(5-4-12)7-9-8-15-11(13-9)10-3-2-6-16-10/h2-3,6,8H,5,7H2,1H3. The molecule has 0 fully saturated rings. The first kappa shape index (κ1) is 10.9. The van der Waals surface area contributed by atoms with Crippen LogP contribution in [0, 0.1) is 11.3 Å². The molecule has 16 heavy (non-hydrogen) atoms. The monoisotopic (exact) mass is 233 g/mol. The first-order valence-electron chi connectivity index (χ1n) is 4.83. The summed E-state index contributed by atoms with van der Waals surface area (Å²) in [6.45, 7) is 1.02. The largest absolute Gasteiger partial charge is 0.444 e. The normalized spacial score (nSPS) is 10.6. The van der Waals surface area contributed by atoms with Gasteiger partial charge in [0.25, 0.3) is 0 Å². The Hall–Kier alpha value is -1.64. The lowest BCUT2D eigenvalue weighted by atomic mass is 10.4. The molecule has 0 bridgehead atoms. The van der Waals surface area contributed by atoms with Crippen molar-refractivity contribution in [3.63, 3.8) is 0 Å². The first-order chi connectivity index (χ1) is 7.79. The van der Waals surface area contributed by atoms with Crippen molar-refractivity contribution in [1.29, 1.82) is 5.26 Å². The van der Waals surface area contributed by atoms with Crippen LogP contribution in [0.1, 0.15) is 5.69 Å². The summed E-state index contributed by atoms with van der Waals surface area (Å²) in [5, 5.41) is 10.5. The number of hydrogen-bond acceptors (Lipinski definition) is 5. The average molecular weight is 233 g/mol. The summed E-state index contributed by atoms with van der Waals surface area (Å²) < 4.78 is 5.38. The van der Waals surface area contributed by atoms with E-state index in [4.69, 9.17) is 9.68 Å². The first-order valence-corrected chi connectivity index (χ1v) is 5.71. The van der Waals surface area contributed by atoms with Crippen LogP contribution in [0.5, 0.6) is 0 Å². The molecule has 82 valence electrons. The molecule has 0 saturated carbocycles. The van der Waals surface area contributed by atoms with Crippen LogP contribution in [-0.2, 0) is 6.54 Å². The van der Waals surface area contributed by atoms with Gasteiger partial charge in [-0.15, -0.1) is 11.3 Å². The van der Waals surface area contributed by atoms with E-state index in [1.54, 1.807) is 17.6 Å². The Bertz CT molecular complexity index is 484. The molecule has 5 heteroatoms. The molecule has 0 unspecified atom stereocenters. The van der Waals surface area contributed by atoms with Crippen molar-refractivity contribution in [1.82, 2.24) is 9.88 Å². The fraction of sp³-hybridized carbons (Fsp3) is 0.273. The lowest BCUT2D eigenvalue weighted by molar-refractivity contribution is 0.362. The van der Waals surface area contributed by atoms with Gasteiger partial charge in [-0.1, -0.05) is 6.07 Å². The zero-order valence-electron chi connectivity index (χ0n) is 8.88. The van der Waals surface area contributed by atoms with Crippen molar-refractivity contribution in [3.05, 3.63) is 29.5 Å². The van der Waals surface area contributed by atoms with Gasteiger partial charge >= 0.3 is 0 Å². The van der Waals surface area contributed by atoms with Gasteiger partial charge in [-0.2, -0.15) is 5.26 Å². The molecule has 0 atom stereocenters. The Morgan fingerprint density at radius 2 is 2.50 bits per heavy atom. The summed E-state index contributed by atoms with van der Waals surface area (Å²) in [4.78, 5) is 7.27. The summed E-state index contributed by atoms with van der Waals surface area (Å²) in [7, 11) is 1.88. The molecular weight excluding hydrogens is 222 g/mol. The van der Waals surface area contributed by atoms with Crippen LogP contribution < -0.4 is 0 Å². The van der Waals surface area contributed by atoms with Crippen molar-refractivity contribution in [3.8, 4) is 16.8 Å². The van der Waals surface area contributed by atoms with Gasteiger partial charge < -0.3 is 4.42 Å². The molecular formula is C11H11N3OS. The molecule has 0 N–H and O–H groups in total. The quantitative estimate of drug-likeness (QED) is 0.761. The maximum atomic E-state index is 8.54. The van der Waals surface area contributed by atoms with Crippen LogP contribution in [-0.4, -0.2) is 23.5 Å². The predicted octanol–water partition coefficient (Wildman–Crippen LogP) is 2.36. The summed E-state index contributed by atoms with van der Waals surface area (Å²) in [6, 6.07) is 6.03. The van der Waals surface area contributed by atoms with E-state index >= 15 is 0 Å². The number of rotatable bonds is 4. The minimum atomic E-state index is 0.390. The molecule has 0 aliphatic heterocycles. The van der Waals surface area contributed by atoms with Gasteiger partial charge in [0.2, 0.25) is 5.89 Å². The highest BCUT2D eigenvalue weighted by molar-refractivity contribution is 7.13. The summed E-state index contributed by atoms with van der Waals surface area (Å²) in [5.41, 5.74) is 0.848. The van der Waals surface area contributed by atoms with E-state index in [9.17, 15) is 0 Å². The van der Waals surface area contributed by atoms with Crippen LogP contribution >= 0.6 is 11.3 Å². The van der Waals surface area contributed by atoms with E-state index in [1.165, 1.54) is 0 Å². The number of hydrogen-bond donors (Lipinski definition) is 0. The van der Waals surface area contributed by atoms with Crippen LogP contribution in [0.25, 0.3) is 10.8 Å². The van der Waals surface area contributed by atoms with Crippen molar-refractivity contribution in [2.24, 2.45) is 0 Å². The van der Waals surface area contributed by atoms with Gasteiger partial charge in [-0.05, 0) is 18.5 Å². The van der Waals surface area contributed by atoms with E-state index < -0.39 is 0 Å². The minimum Gasteiger partial charge on any atom is -0.444 e. The second-order valence-corrected chi connectivity index (χ2v) is 4.40. The zero-order valence-corrected chi connectivity index (χ0v) is 9.70. The average Bonchev–Trinajstić information content (AvgIpc) is 2.86. The van der Waals surface area contributed by atoms with Crippen LogP contribution in [0.4, 0.5) is 0 Å². The third-order valence-corrected chi connectivity index (χ3v) is 2.91. The van der Waals surface area contributed by atoms with E-state index in [-0.39, 0.29) is 0 Å². The lowest BCUT2D eigenvalue weighted by Crippen LogP contribution is -2.17. The lowest BCUT2D eigenvalue weighted by Gasteiger charge is -2.08. The molecule has 2 rings (SSSR count). The Morgan fingerprint density at radius 1 is 1.62 bits per heavy atom. The van der Waals surface area contributed by atoms with Gasteiger partial charge in [0.1, 0.15) is 6.26 Å². The van der Waals surface area contributed by atoms with Crippen molar-refractivity contribution in [2.45, 2.75) is 6.54 Å². The minimum absolute atomic E-state index is 0.390. The second kappa shape index (κ2) is 4.92. The van der Waals surface area contributed by atoms with Gasteiger partial charge in [-0.25, -0.2) is 4.98 Å². The SMILES string of the molecule is CN(CC#N)Cc1coc(-c2cccs2)n1. The van der Waals surface area contributed by atoms with E-state index in [2.05, 4.69) is 11.1 Å². The molecule has 2 aromatic rings. The topological polar surface area (TPSA) is 53.1 Å². The molecule has 0 aromatic carbocycles. The molecule has 2 aromatic heterocycles. The van der Waals surface area contributed by atoms with E-state index in [1.807, 2.05) is 29.5 Å². The highest BCUT2D eigenvalue weighted by atomic mass is 32.1. The smallest absolute Gasteiger partial charge is 0.236 e. The van der Waals surface area contributed by atoms with Crippen molar-refractivity contribution < 1.29 is 4.42 Å². The van der Waals surface area contributed by atoms with Crippen LogP contribution in [0.3, 0.4) is 0 Å².